The number of hydrogen-bond donors (Lipinski definition) is 1. The topological polar surface area (TPSA) is 86.4 Å². The van der Waals surface area contributed by atoms with Gasteiger partial charge in [-0.25, -0.2) is 4.98 Å². The van der Waals surface area contributed by atoms with Gasteiger partial charge in [-0.05, 0) is 30.5 Å². The minimum atomic E-state index is -0.433. The summed E-state index contributed by atoms with van der Waals surface area (Å²) in [4.78, 5) is 15.5. The second-order valence-electron chi connectivity index (χ2n) is 9.49. The van der Waals surface area contributed by atoms with Gasteiger partial charge in [0.05, 0.1) is 17.9 Å². The summed E-state index contributed by atoms with van der Waals surface area (Å²) < 4.78 is 12.1. The quantitative estimate of drug-likeness (QED) is 0.553. The van der Waals surface area contributed by atoms with Gasteiger partial charge in [-0.15, -0.1) is 0 Å². The Morgan fingerprint density at radius 3 is 2.80 bits per heavy atom. The molecular weight excluding hydrogens is 418 g/mol. The lowest BCUT2D eigenvalue weighted by Gasteiger charge is -2.35. The molecule has 2 aromatic heterocycles. The Morgan fingerprint density at radius 2 is 2.07 bits per heavy atom. The third-order valence-electron chi connectivity index (χ3n) is 5.36. The van der Waals surface area contributed by atoms with Gasteiger partial charge in [0.2, 0.25) is 15.7 Å². The molecule has 7 nitrogen and oxygen atoms in total. The number of pyridine rings is 1. The Kier molecular flexibility index (Phi) is 5.44. The van der Waals surface area contributed by atoms with Crippen LogP contribution in [0.1, 0.15) is 57.4 Å². The molecule has 0 amide bonds. The van der Waals surface area contributed by atoms with Crippen LogP contribution in [0.3, 0.4) is 0 Å². The highest BCUT2D eigenvalue weighted by atomic mass is 35.5. The molecule has 2 radical (unpaired) electrons. The van der Waals surface area contributed by atoms with Crippen LogP contribution in [-0.2, 0) is 17.4 Å². The lowest BCUT2D eigenvalue weighted by molar-refractivity contribution is 0.0828. The number of ether oxygens (including phenoxy) is 1. The molecule has 4 rings (SSSR count). The van der Waals surface area contributed by atoms with E-state index in [1.165, 1.54) is 0 Å². The minimum Gasteiger partial charge on any atom is -0.491 e. The summed E-state index contributed by atoms with van der Waals surface area (Å²) in [5.74, 6) is 1.85. The first kappa shape index (κ1) is 21.3. The van der Waals surface area contributed by atoms with Crippen LogP contribution in [0.15, 0.2) is 12.3 Å². The summed E-state index contributed by atoms with van der Waals surface area (Å²) in [6.07, 6.45) is 2.78. The standard InChI is InChI=1S/C21H28ClN5O2Si/c1-20(2,3)30-29-21(4,5)13-11-27(18-16(13)17(22)25-19(23)26-18)10-12-8-15-14(24-9-12)6-7-28-15/h8-9,13H,6-7,10-11H2,1-5H3,(H2,23,25,26). The van der Waals surface area contributed by atoms with Gasteiger partial charge in [0.1, 0.15) is 16.7 Å². The van der Waals surface area contributed by atoms with Crippen molar-refractivity contribution in [2.24, 2.45) is 0 Å². The Hall–Kier alpha value is -1.90. The van der Waals surface area contributed by atoms with Crippen LogP contribution in [0.4, 0.5) is 11.8 Å². The van der Waals surface area contributed by atoms with Gasteiger partial charge in [-0.3, -0.25) is 4.98 Å². The van der Waals surface area contributed by atoms with E-state index < -0.39 is 5.60 Å². The van der Waals surface area contributed by atoms with Gasteiger partial charge < -0.3 is 19.8 Å². The second-order valence-corrected chi connectivity index (χ2v) is 11.8. The van der Waals surface area contributed by atoms with Crippen molar-refractivity contribution in [3.05, 3.63) is 34.2 Å². The van der Waals surface area contributed by atoms with Crippen LogP contribution in [0.5, 0.6) is 5.75 Å². The van der Waals surface area contributed by atoms with E-state index in [2.05, 4.69) is 60.5 Å². The molecule has 30 heavy (non-hydrogen) atoms. The van der Waals surface area contributed by atoms with E-state index in [1.807, 2.05) is 6.20 Å². The monoisotopic (exact) mass is 445 g/mol. The van der Waals surface area contributed by atoms with Crippen LogP contribution in [0.2, 0.25) is 10.2 Å². The number of nitrogens with zero attached hydrogens (tertiary/aromatic N) is 4. The van der Waals surface area contributed by atoms with Crippen molar-refractivity contribution in [3.8, 4) is 5.75 Å². The molecule has 0 saturated heterocycles. The zero-order valence-electron chi connectivity index (χ0n) is 18.1. The van der Waals surface area contributed by atoms with Crippen molar-refractivity contribution in [2.75, 3.05) is 23.8 Å². The zero-order chi connectivity index (χ0) is 21.7. The molecule has 9 heteroatoms. The molecule has 0 fully saturated rings. The molecule has 1 atom stereocenters. The maximum atomic E-state index is 6.57. The van der Waals surface area contributed by atoms with E-state index in [0.29, 0.717) is 34.6 Å². The molecule has 2 aliphatic heterocycles. The molecule has 2 N–H and O–H groups in total. The van der Waals surface area contributed by atoms with Gasteiger partial charge in [0.25, 0.3) is 0 Å². The number of hydrogen-bond acceptors (Lipinski definition) is 7. The summed E-state index contributed by atoms with van der Waals surface area (Å²) in [5.41, 5.74) is 8.49. The SMILES string of the molecule is CC(C)(C)[Si]OC(C)(C)C1CN(Cc2cnc3c(c2)OCC3)c2nc(N)nc(Cl)c21. The first-order valence-electron chi connectivity index (χ1n) is 10.2. The van der Waals surface area contributed by atoms with E-state index in [9.17, 15) is 0 Å². The van der Waals surface area contributed by atoms with Gasteiger partial charge in [-0.1, -0.05) is 32.4 Å². The fourth-order valence-corrected chi connectivity index (χ4v) is 4.85. The normalized spacial score (nSPS) is 18.3. The van der Waals surface area contributed by atoms with Crippen molar-refractivity contribution < 1.29 is 9.16 Å². The maximum Gasteiger partial charge on any atom is 0.236 e. The van der Waals surface area contributed by atoms with E-state index >= 15 is 0 Å². The number of anilines is 2. The number of halogens is 1. The van der Waals surface area contributed by atoms with Crippen molar-refractivity contribution in [2.45, 2.75) is 64.1 Å². The van der Waals surface area contributed by atoms with Gasteiger partial charge in [-0.2, -0.15) is 4.98 Å². The van der Waals surface area contributed by atoms with Gasteiger partial charge in [0, 0.05) is 37.2 Å². The number of rotatable bonds is 5. The highest BCUT2D eigenvalue weighted by molar-refractivity contribution is 6.32. The lowest BCUT2D eigenvalue weighted by atomic mass is 9.87. The Bertz CT molecular complexity index is 963. The molecule has 0 spiro atoms. The molecule has 2 aromatic rings. The summed E-state index contributed by atoms with van der Waals surface area (Å²) in [5, 5.41) is 0.492. The molecule has 0 aromatic carbocycles. The molecule has 0 aliphatic carbocycles. The highest BCUT2D eigenvalue weighted by Gasteiger charge is 2.43. The summed E-state index contributed by atoms with van der Waals surface area (Å²) in [6, 6.07) is 2.07. The molecule has 160 valence electrons. The van der Waals surface area contributed by atoms with Crippen molar-refractivity contribution >= 4 is 33.1 Å². The third kappa shape index (κ3) is 4.26. The Morgan fingerprint density at radius 1 is 1.30 bits per heavy atom. The predicted molar refractivity (Wildman–Crippen MR) is 119 cm³/mol. The Balaban J connectivity index is 1.64. The molecule has 4 heterocycles. The van der Waals surface area contributed by atoms with Gasteiger partial charge in [0.15, 0.2) is 0 Å². The number of aromatic nitrogens is 3. The molecule has 0 saturated carbocycles. The maximum absolute atomic E-state index is 6.57. The van der Waals surface area contributed by atoms with E-state index in [-0.39, 0.29) is 16.9 Å². The average molecular weight is 446 g/mol. The number of fused-ring (bicyclic) bond motifs is 2. The van der Waals surface area contributed by atoms with Crippen molar-refractivity contribution in [3.63, 3.8) is 0 Å². The van der Waals surface area contributed by atoms with Crippen LogP contribution in [0.25, 0.3) is 0 Å². The van der Waals surface area contributed by atoms with Crippen LogP contribution >= 0.6 is 11.6 Å². The van der Waals surface area contributed by atoms with Crippen LogP contribution in [0, 0.1) is 0 Å². The van der Waals surface area contributed by atoms with Crippen LogP contribution in [-0.4, -0.2) is 43.5 Å². The first-order valence-corrected chi connectivity index (χ1v) is 11.5. The fourth-order valence-electron chi connectivity index (χ4n) is 3.84. The van der Waals surface area contributed by atoms with Crippen LogP contribution < -0.4 is 15.4 Å². The van der Waals surface area contributed by atoms with E-state index in [1.54, 1.807) is 0 Å². The molecule has 1 unspecified atom stereocenters. The summed E-state index contributed by atoms with van der Waals surface area (Å²) in [7, 11) is 0.367. The summed E-state index contributed by atoms with van der Waals surface area (Å²) in [6.45, 7) is 12.8. The van der Waals surface area contributed by atoms with E-state index in [4.69, 9.17) is 26.5 Å². The average Bonchev–Trinajstić information content (AvgIpc) is 3.25. The Labute approximate surface area is 185 Å². The molecular formula is C21H28ClN5O2Si. The zero-order valence-corrected chi connectivity index (χ0v) is 19.9. The third-order valence-corrected chi connectivity index (χ3v) is 6.89. The van der Waals surface area contributed by atoms with Crippen molar-refractivity contribution in [1.29, 1.82) is 0 Å². The molecule has 2 aliphatic rings. The second kappa shape index (κ2) is 7.66. The van der Waals surface area contributed by atoms with Crippen molar-refractivity contribution in [1.82, 2.24) is 15.0 Å². The number of nitrogens with two attached hydrogens (primary N) is 1. The smallest absolute Gasteiger partial charge is 0.236 e. The van der Waals surface area contributed by atoms with Gasteiger partial charge >= 0.3 is 0 Å². The fraction of sp³-hybridized carbons (Fsp3) is 0.571. The molecule has 0 bridgehead atoms. The largest absolute Gasteiger partial charge is 0.491 e. The van der Waals surface area contributed by atoms with E-state index in [0.717, 1.165) is 34.8 Å². The first-order chi connectivity index (χ1) is 14.0. The summed E-state index contributed by atoms with van der Waals surface area (Å²) >= 11 is 6.57. The predicted octanol–water partition coefficient (Wildman–Crippen LogP) is 3.78. The number of nitrogen functional groups attached to an aromatic ring is 1. The minimum absolute atomic E-state index is 0.0223. The highest BCUT2D eigenvalue weighted by Crippen LogP contribution is 2.46. The lowest BCUT2D eigenvalue weighted by Crippen LogP contribution is -2.38.